The first kappa shape index (κ1) is 20.2. The molecule has 0 unspecified atom stereocenters. The summed E-state index contributed by atoms with van der Waals surface area (Å²) in [4.78, 5) is 12.1. The van der Waals surface area contributed by atoms with Gasteiger partial charge in [0.15, 0.2) is 0 Å². The largest absolute Gasteiger partial charge is 0.350 e. The highest BCUT2D eigenvalue weighted by molar-refractivity contribution is 7.89. The Kier molecular flexibility index (Phi) is 7.31. The molecular weight excluding hydrogens is 383 g/mol. The zero-order valence-corrected chi connectivity index (χ0v) is 16.4. The molecule has 0 saturated carbocycles. The third-order valence-corrected chi connectivity index (χ3v) is 6.96. The molecule has 1 aromatic carbocycles. The van der Waals surface area contributed by atoms with E-state index in [1.807, 2.05) is 6.92 Å². The number of nitrogens with one attached hydrogen (secondary N) is 1. The van der Waals surface area contributed by atoms with E-state index in [-0.39, 0.29) is 17.7 Å². The maximum absolute atomic E-state index is 12.1. The summed E-state index contributed by atoms with van der Waals surface area (Å²) in [5.41, 5.74) is 0.671. The number of hydrogen-bond acceptors (Lipinski definition) is 3. The molecule has 2 rings (SSSR count). The normalized spacial score (nSPS) is 17.1. The van der Waals surface area contributed by atoms with Crippen molar-refractivity contribution in [2.45, 2.75) is 32.2 Å². The number of hydrogen-bond donors (Lipinski definition) is 1. The highest BCUT2D eigenvalue weighted by Crippen LogP contribution is 2.26. The van der Waals surface area contributed by atoms with Crippen molar-refractivity contribution in [3.63, 3.8) is 0 Å². The molecule has 1 heterocycles. The minimum absolute atomic E-state index is 0.0277. The van der Waals surface area contributed by atoms with Crippen molar-refractivity contribution >= 4 is 45.2 Å². The van der Waals surface area contributed by atoms with E-state index < -0.39 is 10.0 Å². The van der Waals surface area contributed by atoms with Crippen molar-refractivity contribution in [1.82, 2.24) is 9.62 Å². The zero-order chi connectivity index (χ0) is 18.4. The first-order valence-corrected chi connectivity index (χ1v) is 10.6. The molecule has 8 heteroatoms. The van der Waals surface area contributed by atoms with Gasteiger partial charge >= 0.3 is 0 Å². The van der Waals surface area contributed by atoms with Crippen LogP contribution in [0.2, 0.25) is 10.0 Å². The Hall–Kier alpha value is -1.08. The Balaban J connectivity index is 1.86. The Morgan fingerprint density at radius 1 is 1.32 bits per heavy atom. The standard InChI is InChI=1S/C17H22Cl2N2O3S/c1-2-12-25(23,24)21-10-8-14(9-11-21)20-16(22)7-6-13-4-3-5-15(18)17(13)19/h3-7,14H,2,8-12H2,1H3,(H,20,22)/b7-6+. The van der Waals surface area contributed by atoms with Crippen LogP contribution in [-0.4, -0.2) is 43.5 Å². The summed E-state index contributed by atoms with van der Waals surface area (Å²) in [6.45, 7) is 2.73. The Morgan fingerprint density at radius 2 is 2.00 bits per heavy atom. The van der Waals surface area contributed by atoms with Crippen LogP contribution in [0.4, 0.5) is 0 Å². The Labute approximate surface area is 159 Å². The number of nitrogens with zero attached hydrogens (tertiary/aromatic N) is 1. The van der Waals surface area contributed by atoms with Gasteiger partial charge in [-0.25, -0.2) is 12.7 Å². The molecular formula is C17H22Cl2N2O3S. The van der Waals surface area contributed by atoms with Gasteiger partial charge in [-0.15, -0.1) is 0 Å². The molecule has 0 aromatic heterocycles. The predicted octanol–water partition coefficient (Wildman–Crippen LogP) is 3.33. The van der Waals surface area contributed by atoms with Gasteiger partial charge in [0.2, 0.25) is 15.9 Å². The monoisotopic (exact) mass is 404 g/mol. The molecule has 1 aliphatic heterocycles. The summed E-state index contributed by atoms with van der Waals surface area (Å²) < 4.78 is 25.6. The van der Waals surface area contributed by atoms with Crippen LogP contribution in [-0.2, 0) is 14.8 Å². The number of carbonyl (C=O) groups is 1. The maximum Gasteiger partial charge on any atom is 0.244 e. The smallest absolute Gasteiger partial charge is 0.244 e. The zero-order valence-electron chi connectivity index (χ0n) is 14.0. The lowest BCUT2D eigenvalue weighted by Crippen LogP contribution is -2.46. The van der Waals surface area contributed by atoms with Gasteiger partial charge in [-0.05, 0) is 37.0 Å². The van der Waals surface area contributed by atoms with E-state index in [0.717, 1.165) is 0 Å². The molecule has 0 bridgehead atoms. The number of benzene rings is 1. The average Bonchev–Trinajstić information content (AvgIpc) is 2.57. The SMILES string of the molecule is CCCS(=O)(=O)N1CCC(NC(=O)/C=C/c2cccc(Cl)c2Cl)CC1. The van der Waals surface area contributed by atoms with Crippen molar-refractivity contribution in [2.75, 3.05) is 18.8 Å². The summed E-state index contributed by atoms with van der Waals surface area (Å²) in [7, 11) is -3.16. The molecule has 1 amide bonds. The highest BCUT2D eigenvalue weighted by atomic mass is 35.5. The van der Waals surface area contributed by atoms with Crippen LogP contribution in [0.25, 0.3) is 6.08 Å². The third kappa shape index (κ3) is 5.71. The molecule has 0 spiro atoms. The van der Waals surface area contributed by atoms with Crippen LogP contribution < -0.4 is 5.32 Å². The lowest BCUT2D eigenvalue weighted by molar-refractivity contribution is -0.117. The molecule has 5 nitrogen and oxygen atoms in total. The minimum atomic E-state index is -3.16. The number of carbonyl (C=O) groups excluding carboxylic acids is 1. The van der Waals surface area contributed by atoms with Crippen molar-refractivity contribution in [3.8, 4) is 0 Å². The quantitative estimate of drug-likeness (QED) is 0.739. The Morgan fingerprint density at radius 3 is 2.64 bits per heavy atom. The summed E-state index contributed by atoms with van der Waals surface area (Å²) >= 11 is 12.0. The van der Waals surface area contributed by atoms with Gasteiger partial charge in [0.25, 0.3) is 0 Å². The molecule has 1 fully saturated rings. The van der Waals surface area contributed by atoms with Crippen molar-refractivity contribution in [1.29, 1.82) is 0 Å². The second-order valence-electron chi connectivity index (χ2n) is 5.97. The van der Waals surface area contributed by atoms with E-state index in [4.69, 9.17) is 23.2 Å². The van der Waals surface area contributed by atoms with Crippen LogP contribution in [0.3, 0.4) is 0 Å². The van der Waals surface area contributed by atoms with Gasteiger partial charge in [0.1, 0.15) is 0 Å². The van der Waals surface area contributed by atoms with Crippen molar-refractivity contribution in [3.05, 3.63) is 39.9 Å². The molecule has 0 aliphatic carbocycles. The molecule has 138 valence electrons. The van der Waals surface area contributed by atoms with E-state index in [2.05, 4.69) is 5.32 Å². The van der Waals surface area contributed by atoms with Crippen LogP contribution in [0, 0.1) is 0 Å². The minimum Gasteiger partial charge on any atom is -0.350 e. The molecule has 1 N–H and O–H groups in total. The molecule has 1 saturated heterocycles. The van der Waals surface area contributed by atoms with Crippen molar-refractivity contribution < 1.29 is 13.2 Å². The van der Waals surface area contributed by atoms with Gasteiger partial charge in [0.05, 0.1) is 15.8 Å². The van der Waals surface area contributed by atoms with Crippen LogP contribution in [0.1, 0.15) is 31.7 Å². The fourth-order valence-electron chi connectivity index (χ4n) is 2.73. The topological polar surface area (TPSA) is 66.5 Å². The maximum atomic E-state index is 12.1. The fourth-order valence-corrected chi connectivity index (χ4v) is 4.64. The summed E-state index contributed by atoms with van der Waals surface area (Å²) in [5.74, 6) is -0.0569. The summed E-state index contributed by atoms with van der Waals surface area (Å²) in [6, 6.07) is 5.19. The van der Waals surface area contributed by atoms with Gasteiger partial charge in [0, 0.05) is 25.2 Å². The number of halogens is 2. The number of sulfonamides is 1. The van der Waals surface area contributed by atoms with Gasteiger partial charge < -0.3 is 5.32 Å². The first-order valence-electron chi connectivity index (χ1n) is 8.24. The van der Waals surface area contributed by atoms with Crippen LogP contribution in [0.5, 0.6) is 0 Å². The highest BCUT2D eigenvalue weighted by Gasteiger charge is 2.27. The number of amides is 1. The van der Waals surface area contributed by atoms with E-state index >= 15 is 0 Å². The van der Waals surface area contributed by atoms with Gasteiger partial charge in [-0.2, -0.15) is 0 Å². The second kappa shape index (κ2) is 9.03. The summed E-state index contributed by atoms with van der Waals surface area (Å²) in [6.07, 6.45) is 4.86. The van der Waals surface area contributed by atoms with Crippen LogP contribution >= 0.6 is 23.2 Å². The third-order valence-electron chi connectivity index (χ3n) is 4.05. The lowest BCUT2D eigenvalue weighted by Gasteiger charge is -2.31. The molecule has 1 aliphatic rings. The summed E-state index contributed by atoms with van der Waals surface area (Å²) in [5, 5.41) is 3.74. The van der Waals surface area contributed by atoms with E-state index in [1.54, 1.807) is 24.3 Å². The molecule has 25 heavy (non-hydrogen) atoms. The molecule has 1 aromatic rings. The molecule has 0 atom stereocenters. The number of piperidine rings is 1. The molecule has 0 radical (unpaired) electrons. The van der Waals surface area contributed by atoms with Crippen molar-refractivity contribution in [2.24, 2.45) is 0 Å². The lowest BCUT2D eigenvalue weighted by atomic mass is 10.1. The second-order valence-corrected chi connectivity index (χ2v) is 8.85. The van der Waals surface area contributed by atoms with E-state index in [1.165, 1.54) is 10.4 Å². The van der Waals surface area contributed by atoms with E-state index in [9.17, 15) is 13.2 Å². The Bertz CT molecular complexity index is 742. The van der Waals surface area contributed by atoms with Gasteiger partial charge in [-0.1, -0.05) is 42.3 Å². The van der Waals surface area contributed by atoms with Gasteiger partial charge in [-0.3, -0.25) is 4.79 Å². The first-order chi connectivity index (χ1) is 11.8. The van der Waals surface area contributed by atoms with Crippen LogP contribution in [0.15, 0.2) is 24.3 Å². The van der Waals surface area contributed by atoms with E-state index in [0.29, 0.717) is 48.0 Å². The predicted molar refractivity (Wildman–Crippen MR) is 102 cm³/mol. The fraction of sp³-hybridized carbons (Fsp3) is 0.471. The average molecular weight is 405 g/mol. The number of rotatable bonds is 6.